The highest BCUT2D eigenvalue weighted by atomic mass is 16.6. The molecule has 1 atom stereocenters. The normalized spacial score (nSPS) is 17.4. The number of aromatic amines is 1. The number of H-pyrrole nitrogens is 1. The van der Waals surface area contributed by atoms with Gasteiger partial charge in [0, 0.05) is 30.2 Å². The van der Waals surface area contributed by atoms with Crippen molar-refractivity contribution in [2.24, 2.45) is 12.0 Å². The Bertz CT molecular complexity index is 1450. The maximum atomic E-state index is 12.5. The molecule has 0 spiro atoms. The molecule has 2 aliphatic rings. The van der Waals surface area contributed by atoms with Crippen molar-refractivity contribution < 1.29 is 9.53 Å². The van der Waals surface area contributed by atoms with E-state index < -0.39 is 5.60 Å². The first-order chi connectivity index (χ1) is 17.2. The zero-order valence-corrected chi connectivity index (χ0v) is 21.8. The Morgan fingerprint density at radius 3 is 2.81 bits per heavy atom. The van der Waals surface area contributed by atoms with Crippen LogP contribution in [0.1, 0.15) is 76.1 Å². The number of allylic oxidation sites excluding steroid dienone is 1. The minimum Gasteiger partial charge on any atom is -0.444 e. The summed E-state index contributed by atoms with van der Waals surface area (Å²) in [5.41, 5.74) is 8.70. The van der Waals surface area contributed by atoms with E-state index in [0.717, 1.165) is 54.1 Å². The minimum absolute atomic E-state index is 0.0297. The third kappa shape index (κ3) is 5.01. The number of alkyl carbamates (subject to hydrolysis) is 1. The van der Waals surface area contributed by atoms with E-state index in [2.05, 4.69) is 46.6 Å². The van der Waals surface area contributed by atoms with Crippen molar-refractivity contribution in [3.05, 3.63) is 75.8 Å². The summed E-state index contributed by atoms with van der Waals surface area (Å²) >= 11 is 0. The molecule has 1 aromatic carbocycles. The summed E-state index contributed by atoms with van der Waals surface area (Å²) in [4.78, 5) is 20.8. The second-order valence-corrected chi connectivity index (χ2v) is 10.8. The molecule has 1 aliphatic heterocycles. The Morgan fingerprint density at radius 1 is 1.25 bits per heavy atom. The number of aryl methyl sites for hydroxylation is 2. The van der Waals surface area contributed by atoms with Crippen LogP contribution in [-0.4, -0.2) is 26.5 Å². The van der Waals surface area contributed by atoms with E-state index in [0.29, 0.717) is 0 Å². The van der Waals surface area contributed by atoms with Crippen LogP contribution in [0.3, 0.4) is 0 Å². The molecule has 3 heterocycles. The van der Waals surface area contributed by atoms with Crippen LogP contribution in [0.5, 0.6) is 0 Å². The van der Waals surface area contributed by atoms with Gasteiger partial charge in [0.25, 0.3) is 0 Å². The fourth-order valence-electron chi connectivity index (χ4n) is 5.09. The first kappa shape index (κ1) is 24.1. The molecule has 0 bridgehead atoms. The van der Waals surface area contributed by atoms with E-state index in [1.165, 1.54) is 27.8 Å². The third-order valence-corrected chi connectivity index (χ3v) is 6.87. The summed E-state index contributed by atoms with van der Waals surface area (Å²) < 4.78 is 7.32. The molecular formula is C29H35N5O2. The second kappa shape index (κ2) is 9.45. The number of benzene rings is 1. The molecule has 5 rings (SSSR count). The minimum atomic E-state index is -0.514. The Hall–Kier alpha value is -3.61. The average Bonchev–Trinajstić information content (AvgIpc) is 3.40. The molecule has 1 aliphatic carbocycles. The van der Waals surface area contributed by atoms with Gasteiger partial charge in [-0.05, 0) is 86.8 Å². The lowest BCUT2D eigenvalue weighted by Gasteiger charge is -2.28. The number of hydrogen-bond acceptors (Lipinski definition) is 4. The number of ether oxygens (including phenoxy) is 1. The summed E-state index contributed by atoms with van der Waals surface area (Å²) in [6.45, 7) is 7.84. The number of hydrogen-bond donors (Lipinski definition) is 2. The molecule has 0 radical (unpaired) electrons. The molecule has 0 fully saturated rings. The first-order valence-corrected chi connectivity index (χ1v) is 12.8. The van der Waals surface area contributed by atoms with Crippen LogP contribution in [0.2, 0.25) is 0 Å². The van der Waals surface area contributed by atoms with Gasteiger partial charge < -0.3 is 15.0 Å². The van der Waals surface area contributed by atoms with Crippen molar-refractivity contribution in [1.82, 2.24) is 20.1 Å². The van der Waals surface area contributed by atoms with Crippen molar-refractivity contribution in [2.45, 2.75) is 71.4 Å². The zero-order valence-electron chi connectivity index (χ0n) is 21.8. The lowest BCUT2D eigenvalue weighted by atomic mass is 9.84. The fourth-order valence-corrected chi connectivity index (χ4v) is 5.09. The summed E-state index contributed by atoms with van der Waals surface area (Å²) in [7, 11) is 1.92. The maximum Gasteiger partial charge on any atom is 0.408 e. The van der Waals surface area contributed by atoms with Gasteiger partial charge >= 0.3 is 6.09 Å². The molecule has 0 saturated heterocycles. The summed E-state index contributed by atoms with van der Waals surface area (Å²) in [5.74, 6) is 0. The zero-order chi connectivity index (χ0) is 25.4. The molecule has 3 aromatic rings. The Kier molecular flexibility index (Phi) is 6.33. The van der Waals surface area contributed by atoms with Crippen molar-refractivity contribution in [3.8, 4) is 11.3 Å². The van der Waals surface area contributed by atoms with Gasteiger partial charge in [0.1, 0.15) is 11.1 Å². The van der Waals surface area contributed by atoms with Crippen LogP contribution in [0.15, 0.2) is 53.4 Å². The second-order valence-electron chi connectivity index (χ2n) is 10.8. The van der Waals surface area contributed by atoms with Gasteiger partial charge in [0.15, 0.2) is 0 Å². The molecule has 188 valence electrons. The molecule has 7 nitrogen and oxygen atoms in total. The third-order valence-electron chi connectivity index (χ3n) is 6.87. The largest absolute Gasteiger partial charge is 0.444 e. The van der Waals surface area contributed by atoms with Crippen LogP contribution in [0.4, 0.5) is 4.79 Å². The summed E-state index contributed by atoms with van der Waals surface area (Å²) in [6, 6.07) is 8.86. The number of amides is 1. The Morgan fingerprint density at radius 2 is 2.08 bits per heavy atom. The van der Waals surface area contributed by atoms with Gasteiger partial charge in [-0.3, -0.25) is 4.68 Å². The van der Waals surface area contributed by atoms with E-state index in [4.69, 9.17) is 9.73 Å². The lowest BCUT2D eigenvalue weighted by molar-refractivity contribution is 0.0498. The first-order valence-electron chi connectivity index (χ1n) is 12.8. The number of fused-ring (bicyclic) bond motifs is 2. The van der Waals surface area contributed by atoms with E-state index in [1.807, 2.05) is 51.1 Å². The van der Waals surface area contributed by atoms with Gasteiger partial charge in [-0.25, -0.2) is 9.79 Å². The van der Waals surface area contributed by atoms with Crippen molar-refractivity contribution in [2.75, 3.05) is 0 Å². The topological polar surface area (TPSA) is 84.3 Å². The molecule has 1 amide bonds. The van der Waals surface area contributed by atoms with Crippen LogP contribution in [0, 0.1) is 0 Å². The number of aromatic nitrogens is 3. The van der Waals surface area contributed by atoms with Gasteiger partial charge in [-0.15, -0.1) is 0 Å². The predicted octanol–water partition coefficient (Wildman–Crippen LogP) is 4.83. The van der Waals surface area contributed by atoms with Crippen LogP contribution >= 0.6 is 0 Å². The summed E-state index contributed by atoms with van der Waals surface area (Å²) in [6.07, 6.45) is 10.3. The Balaban J connectivity index is 1.54. The molecule has 1 unspecified atom stereocenters. The number of nitrogens with one attached hydrogen (secondary N) is 2. The standard InChI is InChI=1S/C29H35N5O2/c1-6-18-12-23(24-14-26(32-27(24)30-15-18)21-16-31-34(5)17-21)20-10-11-22-19(13-20)8-7-9-25(22)33-28(35)36-29(2,3)4/h10-11,13-17,25H,6-9,12H2,1-5H3,(H,30,32)(H,33,35). The van der Waals surface area contributed by atoms with E-state index in [-0.39, 0.29) is 12.1 Å². The predicted molar refractivity (Wildman–Crippen MR) is 141 cm³/mol. The smallest absolute Gasteiger partial charge is 0.408 e. The van der Waals surface area contributed by atoms with Crippen LogP contribution < -0.4 is 16.0 Å². The monoisotopic (exact) mass is 485 g/mol. The summed E-state index contributed by atoms with van der Waals surface area (Å²) in [5, 5.41) is 8.55. The molecular weight excluding hydrogens is 450 g/mol. The van der Waals surface area contributed by atoms with Crippen molar-refractivity contribution in [1.29, 1.82) is 0 Å². The van der Waals surface area contributed by atoms with Gasteiger partial charge in [0.2, 0.25) is 0 Å². The van der Waals surface area contributed by atoms with E-state index in [9.17, 15) is 4.79 Å². The number of carbonyl (C=O) groups excluding carboxylic acids is 1. The maximum absolute atomic E-state index is 12.5. The number of nitrogens with zero attached hydrogens (tertiary/aromatic N) is 3. The van der Waals surface area contributed by atoms with Gasteiger partial charge in [-0.1, -0.05) is 25.1 Å². The van der Waals surface area contributed by atoms with Crippen molar-refractivity contribution >= 4 is 11.7 Å². The van der Waals surface area contributed by atoms with Crippen molar-refractivity contribution in [3.63, 3.8) is 0 Å². The highest BCUT2D eigenvalue weighted by molar-refractivity contribution is 5.72. The van der Waals surface area contributed by atoms with Crippen LogP contribution in [-0.2, 0) is 18.2 Å². The Labute approximate surface area is 212 Å². The van der Waals surface area contributed by atoms with E-state index in [1.54, 1.807) is 0 Å². The fraction of sp³-hybridized carbons (Fsp3) is 0.414. The number of rotatable bonds is 4. The highest BCUT2D eigenvalue weighted by Gasteiger charge is 2.25. The number of carbonyl (C=O) groups is 1. The highest BCUT2D eigenvalue weighted by Crippen LogP contribution is 2.33. The van der Waals surface area contributed by atoms with Crippen LogP contribution in [0.25, 0.3) is 16.8 Å². The SMILES string of the molecule is CCC1=CN=c2[nH]c(-c3cnn(C)c3)cc2=C(c2ccc3c(c2)CCCC3NC(=O)OC(C)(C)C)C1. The lowest BCUT2D eigenvalue weighted by Crippen LogP contribution is -2.36. The quantitative estimate of drug-likeness (QED) is 0.555. The molecule has 2 N–H and O–H groups in total. The van der Waals surface area contributed by atoms with Gasteiger partial charge in [-0.2, -0.15) is 5.10 Å². The molecule has 36 heavy (non-hydrogen) atoms. The molecule has 0 saturated carbocycles. The molecule has 7 heteroatoms. The van der Waals surface area contributed by atoms with E-state index >= 15 is 0 Å². The average molecular weight is 486 g/mol. The van der Waals surface area contributed by atoms with Gasteiger partial charge in [0.05, 0.1) is 17.9 Å². The molecule has 2 aromatic heterocycles.